The summed E-state index contributed by atoms with van der Waals surface area (Å²) in [6, 6.07) is 0. The second-order valence-corrected chi connectivity index (χ2v) is 8.05. The lowest BCUT2D eigenvalue weighted by atomic mass is 10.0. The standard InChI is InChI=1S/C23H44NO2/c1-2-3-4-5-6-7-8-9-10-11-12-13-14-15-16-17-20-23(25)26-22-19-18-21-24-22/h22H,2-21H2,1H3. The zero-order valence-electron chi connectivity index (χ0n) is 17.5. The molecule has 0 spiro atoms. The van der Waals surface area contributed by atoms with Crippen molar-refractivity contribution in [2.75, 3.05) is 6.54 Å². The van der Waals surface area contributed by atoms with Gasteiger partial charge in [0.25, 0.3) is 0 Å². The minimum absolute atomic E-state index is 0.0500. The van der Waals surface area contributed by atoms with E-state index in [0.29, 0.717) is 6.42 Å². The molecule has 0 aromatic rings. The van der Waals surface area contributed by atoms with Gasteiger partial charge in [-0.2, -0.15) is 0 Å². The van der Waals surface area contributed by atoms with Crippen molar-refractivity contribution in [1.82, 2.24) is 5.32 Å². The molecule has 0 aliphatic carbocycles. The second-order valence-electron chi connectivity index (χ2n) is 8.05. The molecular weight excluding hydrogens is 322 g/mol. The van der Waals surface area contributed by atoms with E-state index in [-0.39, 0.29) is 12.2 Å². The molecule has 3 nitrogen and oxygen atoms in total. The topological polar surface area (TPSA) is 40.4 Å². The summed E-state index contributed by atoms with van der Waals surface area (Å²) in [6.45, 7) is 3.14. The van der Waals surface area contributed by atoms with Crippen LogP contribution in [0.15, 0.2) is 0 Å². The Balaban J connectivity index is 1.70. The Kier molecular flexibility index (Phi) is 16.1. The summed E-state index contributed by atoms with van der Waals surface area (Å²) in [4.78, 5) is 11.7. The average molecular weight is 367 g/mol. The third kappa shape index (κ3) is 14.6. The molecule has 0 bridgehead atoms. The molecule has 1 aliphatic heterocycles. The molecule has 1 rings (SSSR count). The number of nitrogens with zero attached hydrogens (tertiary/aromatic N) is 1. The van der Waals surface area contributed by atoms with Crippen LogP contribution in [0.1, 0.15) is 129 Å². The fourth-order valence-electron chi connectivity index (χ4n) is 3.72. The molecule has 153 valence electrons. The summed E-state index contributed by atoms with van der Waals surface area (Å²) in [5.41, 5.74) is 0. The van der Waals surface area contributed by atoms with Crippen molar-refractivity contribution in [3.8, 4) is 0 Å². The van der Waals surface area contributed by atoms with Crippen LogP contribution < -0.4 is 5.32 Å². The molecule has 1 radical (unpaired) electrons. The van der Waals surface area contributed by atoms with Gasteiger partial charge in [0.05, 0.1) is 0 Å². The first-order valence-electron chi connectivity index (χ1n) is 11.7. The summed E-state index contributed by atoms with van der Waals surface area (Å²) in [6.07, 6.45) is 24.2. The molecular formula is C23H44NO2. The van der Waals surface area contributed by atoms with E-state index < -0.39 is 0 Å². The Morgan fingerprint density at radius 2 is 1.23 bits per heavy atom. The third-order valence-corrected chi connectivity index (χ3v) is 5.44. The summed E-state index contributed by atoms with van der Waals surface area (Å²) in [5.74, 6) is -0.0500. The van der Waals surface area contributed by atoms with Crippen molar-refractivity contribution in [2.45, 2.75) is 135 Å². The lowest BCUT2D eigenvalue weighted by Crippen LogP contribution is -2.22. The number of unbranched alkanes of at least 4 members (excludes halogenated alkanes) is 15. The number of hydrogen-bond donors (Lipinski definition) is 0. The van der Waals surface area contributed by atoms with Crippen molar-refractivity contribution < 1.29 is 9.53 Å². The molecule has 1 aliphatic rings. The van der Waals surface area contributed by atoms with Gasteiger partial charge in [-0.05, 0) is 12.8 Å². The van der Waals surface area contributed by atoms with Crippen molar-refractivity contribution in [1.29, 1.82) is 0 Å². The van der Waals surface area contributed by atoms with Crippen LogP contribution in [-0.2, 0) is 9.53 Å². The first-order chi connectivity index (χ1) is 12.8. The minimum Gasteiger partial charge on any atom is -0.445 e. The molecule has 1 heterocycles. The number of carbonyl (C=O) groups is 1. The van der Waals surface area contributed by atoms with E-state index in [2.05, 4.69) is 12.2 Å². The van der Waals surface area contributed by atoms with Crippen molar-refractivity contribution >= 4 is 5.97 Å². The molecule has 1 atom stereocenters. The van der Waals surface area contributed by atoms with Crippen molar-refractivity contribution in [3.63, 3.8) is 0 Å². The smallest absolute Gasteiger partial charge is 0.307 e. The van der Waals surface area contributed by atoms with Gasteiger partial charge in [-0.25, -0.2) is 5.32 Å². The van der Waals surface area contributed by atoms with Crippen LogP contribution in [0.3, 0.4) is 0 Å². The Hall–Kier alpha value is -0.570. The van der Waals surface area contributed by atoms with Crippen LogP contribution in [0.5, 0.6) is 0 Å². The lowest BCUT2D eigenvalue weighted by molar-refractivity contribution is -0.150. The predicted octanol–water partition coefficient (Wildman–Crippen LogP) is 6.91. The maximum Gasteiger partial charge on any atom is 0.307 e. The second kappa shape index (κ2) is 17.8. The quantitative estimate of drug-likeness (QED) is 0.195. The molecule has 1 unspecified atom stereocenters. The highest BCUT2D eigenvalue weighted by molar-refractivity contribution is 5.69. The molecule has 1 fully saturated rings. The first kappa shape index (κ1) is 23.5. The van der Waals surface area contributed by atoms with Gasteiger partial charge in [0.15, 0.2) is 6.23 Å². The molecule has 0 amide bonds. The molecule has 26 heavy (non-hydrogen) atoms. The van der Waals surface area contributed by atoms with Gasteiger partial charge in [0.1, 0.15) is 0 Å². The number of carbonyl (C=O) groups excluding carboxylic acids is 1. The van der Waals surface area contributed by atoms with Gasteiger partial charge in [-0.1, -0.05) is 103 Å². The van der Waals surface area contributed by atoms with Gasteiger partial charge in [0, 0.05) is 19.4 Å². The van der Waals surface area contributed by atoms with Crippen molar-refractivity contribution in [3.05, 3.63) is 0 Å². The lowest BCUT2D eigenvalue weighted by Gasteiger charge is -2.10. The van der Waals surface area contributed by atoms with Crippen LogP contribution in [0, 0.1) is 0 Å². The predicted molar refractivity (Wildman–Crippen MR) is 110 cm³/mol. The monoisotopic (exact) mass is 366 g/mol. The van der Waals surface area contributed by atoms with E-state index in [1.54, 1.807) is 0 Å². The number of rotatable bonds is 18. The fraction of sp³-hybridized carbons (Fsp3) is 0.957. The van der Waals surface area contributed by atoms with E-state index in [1.165, 1.54) is 89.9 Å². The summed E-state index contributed by atoms with van der Waals surface area (Å²) < 4.78 is 5.33. The summed E-state index contributed by atoms with van der Waals surface area (Å²) in [7, 11) is 0. The van der Waals surface area contributed by atoms with Gasteiger partial charge >= 0.3 is 5.97 Å². The van der Waals surface area contributed by atoms with E-state index in [1.807, 2.05) is 0 Å². The number of esters is 1. The molecule has 0 saturated carbocycles. The van der Waals surface area contributed by atoms with Crippen LogP contribution in [0.25, 0.3) is 0 Å². The maximum absolute atomic E-state index is 11.7. The van der Waals surface area contributed by atoms with Gasteiger partial charge in [0.2, 0.25) is 0 Å². The van der Waals surface area contributed by atoms with E-state index in [0.717, 1.165) is 32.2 Å². The number of ether oxygens (including phenoxy) is 1. The number of hydrogen-bond acceptors (Lipinski definition) is 2. The minimum atomic E-state index is -0.136. The Bertz CT molecular complexity index is 313. The summed E-state index contributed by atoms with van der Waals surface area (Å²) >= 11 is 0. The van der Waals surface area contributed by atoms with E-state index in [4.69, 9.17) is 4.74 Å². The summed E-state index contributed by atoms with van der Waals surface area (Å²) in [5, 5.41) is 4.26. The van der Waals surface area contributed by atoms with E-state index >= 15 is 0 Å². The SMILES string of the molecule is CCCCCCCCCCCCCCCCCCC(=O)OC1CCC[N]1. The maximum atomic E-state index is 11.7. The normalized spacial score (nSPS) is 16.9. The largest absolute Gasteiger partial charge is 0.445 e. The zero-order valence-corrected chi connectivity index (χ0v) is 17.5. The van der Waals surface area contributed by atoms with Crippen LogP contribution in [0.2, 0.25) is 0 Å². The Labute approximate surface area is 163 Å². The molecule has 3 heteroatoms. The molecule has 1 saturated heterocycles. The highest BCUT2D eigenvalue weighted by Gasteiger charge is 2.19. The van der Waals surface area contributed by atoms with Gasteiger partial charge in [-0.15, -0.1) is 0 Å². The Morgan fingerprint density at radius 3 is 1.65 bits per heavy atom. The highest BCUT2D eigenvalue weighted by atomic mass is 16.6. The van der Waals surface area contributed by atoms with Crippen LogP contribution in [0.4, 0.5) is 0 Å². The first-order valence-corrected chi connectivity index (χ1v) is 11.7. The van der Waals surface area contributed by atoms with Gasteiger partial charge < -0.3 is 4.74 Å². The van der Waals surface area contributed by atoms with E-state index in [9.17, 15) is 4.79 Å². The molecule has 0 aromatic heterocycles. The van der Waals surface area contributed by atoms with Crippen LogP contribution in [-0.4, -0.2) is 18.7 Å². The van der Waals surface area contributed by atoms with Gasteiger partial charge in [-0.3, -0.25) is 4.79 Å². The van der Waals surface area contributed by atoms with Crippen LogP contribution >= 0.6 is 0 Å². The molecule has 0 N–H and O–H groups in total. The average Bonchev–Trinajstić information content (AvgIpc) is 3.14. The molecule has 0 aromatic carbocycles. The van der Waals surface area contributed by atoms with Crippen molar-refractivity contribution in [2.24, 2.45) is 0 Å². The third-order valence-electron chi connectivity index (χ3n) is 5.44. The highest BCUT2D eigenvalue weighted by Crippen LogP contribution is 2.15. The zero-order chi connectivity index (χ0) is 18.7. The Morgan fingerprint density at radius 1 is 0.769 bits per heavy atom. The fourth-order valence-corrected chi connectivity index (χ4v) is 3.72.